The van der Waals surface area contributed by atoms with Gasteiger partial charge in [0.15, 0.2) is 0 Å². The summed E-state index contributed by atoms with van der Waals surface area (Å²) in [6, 6.07) is 0.328. The minimum absolute atomic E-state index is 0.167. The Hall–Kier alpha value is -0.570. The molecule has 2 aliphatic rings. The summed E-state index contributed by atoms with van der Waals surface area (Å²) in [7, 11) is 0. The van der Waals surface area contributed by atoms with Gasteiger partial charge in [-0.2, -0.15) is 0 Å². The average Bonchev–Trinajstić information content (AvgIpc) is 2.62. The predicted octanol–water partition coefficient (Wildman–Crippen LogP) is 1.93. The topological polar surface area (TPSA) is 41.1 Å². The molecule has 2 fully saturated rings. The molecule has 0 atom stereocenters. The molecule has 0 bridgehead atoms. The van der Waals surface area contributed by atoms with Gasteiger partial charge in [0.05, 0.1) is 0 Å². The van der Waals surface area contributed by atoms with Gasteiger partial charge in [-0.25, -0.2) is 0 Å². The quantitative estimate of drug-likeness (QED) is 0.772. The molecule has 0 unspecified atom stereocenters. The zero-order valence-corrected chi connectivity index (χ0v) is 11.8. The Morgan fingerprint density at radius 1 is 1.06 bits per heavy atom. The molecule has 0 spiro atoms. The lowest BCUT2D eigenvalue weighted by Crippen LogP contribution is -2.47. The summed E-state index contributed by atoms with van der Waals surface area (Å²) in [4.78, 5) is 12.4. The standard InChI is InChI=1S/C14H26N2O/c1-12(2)10(13(12,3)4)16-11(17)14(5)6-8-15-9-7-14/h10,15H,6-9H2,1-5H3,(H,16,17). The molecule has 2 rings (SSSR count). The Morgan fingerprint density at radius 2 is 1.53 bits per heavy atom. The monoisotopic (exact) mass is 238 g/mol. The van der Waals surface area contributed by atoms with Crippen molar-refractivity contribution >= 4 is 5.91 Å². The average molecular weight is 238 g/mol. The number of hydrogen-bond donors (Lipinski definition) is 2. The first-order valence-corrected chi connectivity index (χ1v) is 6.73. The lowest BCUT2D eigenvalue weighted by molar-refractivity contribution is -0.132. The van der Waals surface area contributed by atoms with E-state index >= 15 is 0 Å². The Morgan fingerprint density at radius 3 is 1.94 bits per heavy atom. The first kappa shape index (κ1) is 12.9. The maximum Gasteiger partial charge on any atom is 0.226 e. The summed E-state index contributed by atoms with van der Waals surface area (Å²) in [6.45, 7) is 13.0. The molecule has 1 aliphatic heterocycles. The molecule has 3 heteroatoms. The highest BCUT2D eigenvalue weighted by atomic mass is 16.2. The second kappa shape index (κ2) is 3.71. The van der Waals surface area contributed by atoms with E-state index in [2.05, 4.69) is 45.3 Å². The van der Waals surface area contributed by atoms with Crippen molar-refractivity contribution in [3.05, 3.63) is 0 Å². The van der Waals surface area contributed by atoms with Crippen LogP contribution in [0.1, 0.15) is 47.5 Å². The molecular formula is C14H26N2O. The van der Waals surface area contributed by atoms with Gasteiger partial charge in [0.2, 0.25) is 5.91 Å². The number of carbonyl (C=O) groups excluding carboxylic acids is 1. The van der Waals surface area contributed by atoms with E-state index in [-0.39, 0.29) is 22.2 Å². The van der Waals surface area contributed by atoms with Gasteiger partial charge in [-0.15, -0.1) is 0 Å². The summed E-state index contributed by atoms with van der Waals surface area (Å²) in [5.74, 6) is 0.252. The Labute approximate surface area is 105 Å². The van der Waals surface area contributed by atoms with Crippen molar-refractivity contribution in [1.82, 2.24) is 10.6 Å². The minimum Gasteiger partial charge on any atom is -0.352 e. The number of carbonyl (C=O) groups is 1. The van der Waals surface area contributed by atoms with Gasteiger partial charge in [-0.1, -0.05) is 34.6 Å². The molecule has 3 nitrogen and oxygen atoms in total. The van der Waals surface area contributed by atoms with Crippen molar-refractivity contribution < 1.29 is 4.79 Å². The Kier molecular flexibility index (Phi) is 2.81. The van der Waals surface area contributed by atoms with E-state index in [4.69, 9.17) is 0 Å². The number of hydrogen-bond acceptors (Lipinski definition) is 2. The second-order valence-electron chi connectivity index (χ2n) is 7.16. The largest absolute Gasteiger partial charge is 0.352 e. The van der Waals surface area contributed by atoms with E-state index in [0.29, 0.717) is 6.04 Å². The van der Waals surface area contributed by atoms with Crippen molar-refractivity contribution in [2.75, 3.05) is 13.1 Å². The van der Waals surface area contributed by atoms with E-state index in [1.54, 1.807) is 0 Å². The maximum absolute atomic E-state index is 12.4. The van der Waals surface area contributed by atoms with Gasteiger partial charge in [0, 0.05) is 11.5 Å². The molecular weight excluding hydrogens is 212 g/mol. The predicted molar refractivity (Wildman–Crippen MR) is 69.7 cm³/mol. The smallest absolute Gasteiger partial charge is 0.226 e. The SMILES string of the molecule is CC1(C(=O)NC2C(C)(C)C2(C)C)CCNCC1. The van der Waals surface area contributed by atoms with Crippen molar-refractivity contribution in [3.63, 3.8) is 0 Å². The van der Waals surface area contributed by atoms with Crippen LogP contribution in [0.5, 0.6) is 0 Å². The lowest BCUT2D eigenvalue weighted by atomic mass is 9.80. The minimum atomic E-state index is -0.167. The van der Waals surface area contributed by atoms with E-state index < -0.39 is 0 Å². The fourth-order valence-corrected chi connectivity index (χ4v) is 3.07. The molecule has 0 radical (unpaired) electrons. The first-order valence-electron chi connectivity index (χ1n) is 6.73. The maximum atomic E-state index is 12.4. The molecule has 1 saturated heterocycles. The highest BCUT2D eigenvalue weighted by molar-refractivity contribution is 5.83. The van der Waals surface area contributed by atoms with Gasteiger partial charge in [-0.3, -0.25) is 4.79 Å². The fourth-order valence-electron chi connectivity index (χ4n) is 3.07. The summed E-state index contributed by atoms with van der Waals surface area (Å²) >= 11 is 0. The fraction of sp³-hybridized carbons (Fsp3) is 0.929. The van der Waals surface area contributed by atoms with Crippen molar-refractivity contribution in [2.24, 2.45) is 16.2 Å². The third-order valence-electron chi connectivity index (χ3n) is 5.55. The summed E-state index contributed by atoms with van der Waals surface area (Å²) in [6.07, 6.45) is 1.90. The summed E-state index contributed by atoms with van der Waals surface area (Å²) in [5.41, 5.74) is 0.290. The zero-order valence-electron chi connectivity index (χ0n) is 11.8. The molecule has 1 heterocycles. The summed E-state index contributed by atoms with van der Waals surface area (Å²) in [5, 5.41) is 6.59. The first-order chi connectivity index (χ1) is 7.72. The number of piperidine rings is 1. The van der Waals surface area contributed by atoms with Crippen LogP contribution in [0.15, 0.2) is 0 Å². The number of rotatable bonds is 2. The normalized spacial score (nSPS) is 29.7. The molecule has 1 amide bonds. The van der Waals surface area contributed by atoms with E-state index in [9.17, 15) is 4.79 Å². The van der Waals surface area contributed by atoms with Gasteiger partial charge >= 0.3 is 0 Å². The van der Waals surface area contributed by atoms with E-state index in [0.717, 1.165) is 25.9 Å². The van der Waals surface area contributed by atoms with Crippen LogP contribution in [0.2, 0.25) is 0 Å². The van der Waals surface area contributed by atoms with Crippen LogP contribution in [0.4, 0.5) is 0 Å². The van der Waals surface area contributed by atoms with Crippen LogP contribution in [0.25, 0.3) is 0 Å². The van der Waals surface area contributed by atoms with Crippen LogP contribution < -0.4 is 10.6 Å². The van der Waals surface area contributed by atoms with E-state index in [1.807, 2.05) is 0 Å². The third-order valence-corrected chi connectivity index (χ3v) is 5.55. The van der Waals surface area contributed by atoms with Gasteiger partial charge in [0.1, 0.15) is 0 Å². The van der Waals surface area contributed by atoms with Crippen molar-refractivity contribution in [1.29, 1.82) is 0 Å². The number of nitrogens with one attached hydrogen (secondary N) is 2. The van der Waals surface area contributed by atoms with Gasteiger partial charge in [0.25, 0.3) is 0 Å². The zero-order chi connectivity index (χ0) is 12.9. The third kappa shape index (κ3) is 1.88. The van der Waals surface area contributed by atoms with Crippen molar-refractivity contribution in [3.8, 4) is 0 Å². The van der Waals surface area contributed by atoms with Crippen LogP contribution in [-0.2, 0) is 4.79 Å². The molecule has 0 aromatic rings. The van der Waals surface area contributed by atoms with Crippen molar-refractivity contribution in [2.45, 2.75) is 53.5 Å². The molecule has 2 N–H and O–H groups in total. The lowest BCUT2D eigenvalue weighted by Gasteiger charge is -2.33. The number of amides is 1. The van der Waals surface area contributed by atoms with Gasteiger partial charge in [-0.05, 0) is 36.8 Å². The van der Waals surface area contributed by atoms with Crippen LogP contribution in [0, 0.1) is 16.2 Å². The van der Waals surface area contributed by atoms with Crippen LogP contribution in [0.3, 0.4) is 0 Å². The molecule has 98 valence electrons. The molecule has 1 aliphatic carbocycles. The molecule has 17 heavy (non-hydrogen) atoms. The molecule has 0 aromatic carbocycles. The second-order valence-corrected chi connectivity index (χ2v) is 7.16. The molecule has 0 aromatic heterocycles. The Bertz CT molecular complexity index is 313. The highest BCUT2D eigenvalue weighted by Gasteiger charge is 2.65. The van der Waals surface area contributed by atoms with Gasteiger partial charge < -0.3 is 10.6 Å². The Balaban J connectivity index is 1.99. The highest BCUT2D eigenvalue weighted by Crippen LogP contribution is 2.62. The molecule has 1 saturated carbocycles. The van der Waals surface area contributed by atoms with E-state index in [1.165, 1.54) is 0 Å². The summed E-state index contributed by atoms with van der Waals surface area (Å²) < 4.78 is 0. The van der Waals surface area contributed by atoms with Crippen LogP contribution >= 0.6 is 0 Å². The van der Waals surface area contributed by atoms with Crippen LogP contribution in [-0.4, -0.2) is 25.0 Å².